The van der Waals surface area contributed by atoms with Crippen LogP contribution < -0.4 is 4.74 Å². The first-order valence-corrected chi connectivity index (χ1v) is 6.22. The molecule has 1 aromatic rings. The van der Waals surface area contributed by atoms with E-state index in [2.05, 4.69) is 15.9 Å². The summed E-state index contributed by atoms with van der Waals surface area (Å²) in [6.07, 6.45) is 2.44. The standard InChI is InChI=1S/C12H14BrFO/c1-9-6-10(14)2-3-11(9)15-8-12(7-13)4-5-12/h2-3,6H,4-5,7-8H2,1H3. The first-order chi connectivity index (χ1) is 7.15. The summed E-state index contributed by atoms with van der Waals surface area (Å²) in [5, 5.41) is 0.986. The zero-order chi connectivity index (χ0) is 10.9. The van der Waals surface area contributed by atoms with E-state index in [1.165, 1.54) is 25.0 Å². The molecule has 1 fully saturated rings. The van der Waals surface area contributed by atoms with Crippen LogP contribution in [0.1, 0.15) is 18.4 Å². The maximum atomic E-state index is 12.8. The molecule has 0 unspecified atom stereocenters. The Kier molecular flexibility index (Phi) is 3.01. The Bertz CT molecular complexity index is 361. The van der Waals surface area contributed by atoms with Crippen LogP contribution in [0.4, 0.5) is 4.39 Å². The quantitative estimate of drug-likeness (QED) is 0.760. The van der Waals surface area contributed by atoms with Crippen molar-refractivity contribution >= 4 is 15.9 Å². The second-order valence-corrected chi connectivity index (χ2v) is 4.89. The van der Waals surface area contributed by atoms with E-state index in [9.17, 15) is 4.39 Å². The maximum absolute atomic E-state index is 12.8. The Labute approximate surface area is 97.8 Å². The van der Waals surface area contributed by atoms with Gasteiger partial charge in [-0.1, -0.05) is 15.9 Å². The average Bonchev–Trinajstić information content (AvgIpc) is 2.97. The van der Waals surface area contributed by atoms with Crippen molar-refractivity contribution in [3.63, 3.8) is 0 Å². The molecule has 1 nitrogen and oxygen atoms in total. The molecule has 1 aliphatic rings. The molecule has 0 aromatic heterocycles. The maximum Gasteiger partial charge on any atom is 0.123 e. The molecular weight excluding hydrogens is 259 g/mol. The van der Waals surface area contributed by atoms with Crippen molar-refractivity contribution in [2.75, 3.05) is 11.9 Å². The second kappa shape index (κ2) is 4.12. The van der Waals surface area contributed by atoms with E-state index in [4.69, 9.17) is 4.74 Å². The molecule has 0 aliphatic heterocycles. The molecule has 1 aliphatic carbocycles. The lowest BCUT2D eigenvalue weighted by atomic mass is 10.1. The predicted molar refractivity (Wildman–Crippen MR) is 62.1 cm³/mol. The zero-order valence-corrected chi connectivity index (χ0v) is 10.3. The van der Waals surface area contributed by atoms with Crippen molar-refractivity contribution in [2.24, 2.45) is 5.41 Å². The molecule has 0 N–H and O–H groups in total. The molecule has 0 amide bonds. The van der Waals surface area contributed by atoms with Gasteiger partial charge in [-0.2, -0.15) is 0 Å². The van der Waals surface area contributed by atoms with Crippen molar-refractivity contribution in [3.8, 4) is 5.75 Å². The Morgan fingerprint density at radius 1 is 1.47 bits per heavy atom. The van der Waals surface area contributed by atoms with E-state index >= 15 is 0 Å². The molecule has 0 atom stereocenters. The van der Waals surface area contributed by atoms with E-state index in [0.29, 0.717) is 5.41 Å². The van der Waals surface area contributed by atoms with Crippen LogP contribution >= 0.6 is 15.9 Å². The summed E-state index contributed by atoms with van der Waals surface area (Å²) in [4.78, 5) is 0. The third-order valence-corrected chi connectivity index (χ3v) is 4.10. The summed E-state index contributed by atoms with van der Waals surface area (Å²) < 4.78 is 18.6. The van der Waals surface area contributed by atoms with E-state index in [-0.39, 0.29) is 5.82 Å². The van der Waals surface area contributed by atoms with Crippen LogP contribution in [0.15, 0.2) is 18.2 Å². The molecular formula is C12H14BrFO. The van der Waals surface area contributed by atoms with Gasteiger partial charge < -0.3 is 4.74 Å². The highest BCUT2D eigenvalue weighted by atomic mass is 79.9. The molecule has 0 spiro atoms. The summed E-state index contributed by atoms with van der Waals surface area (Å²) in [7, 11) is 0. The van der Waals surface area contributed by atoms with E-state index < -0.39 is 0 Å². The molecule has 1 saturated carbocycles. The van der Waals surface area contributed by atoms with E-state index in [0.717, 1.165) is 23.2 Å². The minimum atomic E-state index is -0.207. The SMILES string of the molecule is Cc1cc(F)ccc1OCC1(CBr)CC1. The first-order valence-electron chi connectivity index (χ1n) is 5.10. The summed E-state index contributed by atoms with van der Waals surface area (Å²) in [6, 6.07) is 4.65. The summed E-state index contributed by atoms with van der Waals surface area (Å²) in [5.74, 6) is 0.588. The fraction of sp³-hybridized carbons (Fsp3) is 0.500. The monoisotopic (exact) mass is 272 g/mol. The van der Waals surface area contributed by atoms with Crippen molar-refractivity contribution in [1.29, 1.82) is 0 Å². The molecule has 82 valence electrons. The number of halogens is 2. The molecule has 0 heterocycles. The number of ether oxygens (including phenoxy) is 1. The highest BCUT2D eigenvalue weighted by molar-refractivity contribution is 9.09. The van der Waals surface area contributed by atoms with Gasteiger partial charge in [-0.05, 0) is 43.5 Å². The largest absolute Gasteiger partial charge is 0.493 e. The van der Waals surface area contributed by atoms with Gasteiger partial charge in [0.2, 0.25) is 0 Å². The Hall–Kier alpha value is -0.570. The lowest BCUT2D eigenvalue weighted by Crippen LogP contribution is -2.14. The van der Waals surface area contributed by atoms with Gasteiger partial charge in [0.1, 0.15) is 11.6 Å². The Balaban J connectivity index is 1.99. The summed E-state index contributed by atoms with van der Waals surface area (Å²) in [6.45, 7) is 2.59. The van der Waals surface area contributed by atoms with Crippen molar-refractivity contribution in [1.82, 2.24) is 0 Å². The number of alkyl halides is 1. The van der Waals surface area contributed by atoms with Gasteiger partial charge in [0.15, 0.2) is 0 Å². The Morgan fingerprint density at radius 2 is 2.20 bits per heavy atom. The summed E-state index contributed by atoms with van der Waals surface area (Å²) >= 11 is 3.50. The summed E-state index contributed by atoms with van der Waals surface area (Å²) in [5.41, 5.74) is 1.20. The molecule has 3 heteroatoms. The van der Waals surface area contributed by atoms with Crippen LogP contribution in [-0.2, 0) is 0 Å². The molecule has 0 bridgehead atoms. The number of benzene rings is 1. The van der Waals surface area contributed by atoms with Gasteiger partial charge in [0, 0.05) is 10.7 Å². The fourth-order valence-electron chi connectivity index (χ4n) is 1.50. The van der Waals surface area contributed by atoms with Gasteiger partial charge in [-0.25, -0.2) is 4.39 Å². The minimum Gasteiger partial charge on any atom is -0.493 e. The van der Waals surface area contributed by atoms with Gasteiger partial charge in [0.25, 0.3) is 0 Å². The van der Waals surface area contributed by atoms with Gasteiger partial charge >= 0.3 is 0 Å². The topological polar surface area (TPSA) is 9.23 Å². The smallest absolute Gasteiger partial charge is 0.123 e. The van der Waals surface area contributed by atoms with Crippen LogP contribution in [0, 0.1) is 18.2 Å². The molecule has 15 heavy (non-hydrogen) atoms. The van der Waals surface area contributed by atoms with E-state index in [1.807, 2.05) is 6.92 Å². The lowest BCUT2D eigenvalue weighted by Gasteiger charge is -2.14. The minimum absolute atomic E-state index is 0.207. The molecule has 0 saturated heterocycles. The highest BCUT2D eigenvalue weighted by Crippen LogP contribution is 2.47. The zero-order valence-electron chi connectivity index (χ0n) is 8.72. The molecule has 2 rings (SSSR count). The van der Waals surface area contributed by atoms with Crippen molar-refractivity contribution in [3.05, 3.63) is 29.6 Å². The van der Waals surface area contributed by atoms with Crippen LogP contribution in [0.3, 0.4) is 0 Å². The van der Waals surface area contributed by atoms with Crippen molar-refractivity contribution in [2.45, 2.75) is 19.8 Å². The van der Waals surface area contributed by atoms with Gasteiger partial charge in [-0.15, -0.1) is 0 Å². The van der Waals surface area contributed by atoms with Crippen LogP contribution in [-0.4, -0.2) is 11.9 Å². The second-order valence-electron chi connectivity index (χ2n) is 4.33. The Morgan fingerprint density at radius 3 is 2.73 bits per heavy atom. The number of aryl methyl sites for hydroxylation is 1. The molecule has 1 aromatic carbocycles. The van der Waals surface area contributed by atoms with Gasteiger partial charge in [0.05, 0.1) is 6.61 Å². The predicted octanol–water partition coefficient (Wildman–Crippen LogP) is 3.69. The van der Waals surface area contributed by atoms with Crippen LogP contribution in [0.25, 0.3) is 0 Å². The normalized spacial score (nSPS) is 17.5. The molecule has 0 radical (unpaired) electrons. The average molecular weight is 273 g/mol. The number of rotatable bonds is 4. The van der Waals surface area contributed by atoms with Gasteiger partial charge in [-0.3, -0.25) is 0 Å². The van der Waals surface area contributed by atoms with Crippen LogP contribution in [0.2, 0.25) is 0 Å². The van der Waals surface area contributed by atoms with Crippen LogP contribution in [0.5, 0.6) is 5.75 Å². The van der Waals surface area contributed by atoms with Crippen molar-refractivity contribution < 1.29 is 9.13 Å². The van der Waals surface area contributed by atoms with E-state index in [1.54, 1.807) is 6.07 Å². The fourth-order valence-corrected chi connectivity index (χ4v) is 2.22. The third kappa shape index (κ3) is 2.51. The number of hydrogen-bond donors (Lipinski definition) is 0. The highest BCUT2D eigenvalue weighted by Gasteiger charge is 2.42. The number of hydrogen-bond acceptors (Lipinski definition) is 1. The third-order valence-electron chi connectivity index (χ3n) is 2.91. The lowest BCUT2D eigenvalue weighted by molar-refractivity contribution is 0.249. The first kappa shape index (κ1) is 10.9.